The quantitative estimate of drug-likeness (QED) is 0.868. The van der Waals surface area contributed by atoms with Crippen LogP contribution in [0, 0.1) is 6.92 Å². The van der Waals surface area contributed by atoms with Crippen molar-refractivity contribution >= 4 is 43.5 Å². The van der Waals surface area contributed by atoms with Gasteiger partial charge in [-0.1, -0.05) is 0 Å². The molecule has 0 bridgehead atoms. The van der Waals surface area contributed by atoms with Gasteiger partial charge in [-0.2, -0.15) is 0 Å². The fraction of sp³-hybridized carbons (Fsp3) is 0.125. The lowest BCUT2D eigenvalue weighted by molar-refractivity contribution is 0.0688. The van der Waals surface area contributed by atoms with Crippen LogP contribution in [-0.4, -0.2) is 25.4 Å². The monoisotopic (exact) mass is 333 g/mol. The SMILES string of the molecule is Cc1nc2c(Br)nc(Br)cn2c1C(=O)O. The highest BCUT2D eigenvalue weighted by atomic mass is 79.9. The van der Waals surface area contributed by atoms with Crippen LogP contribution in [0.3, 0.4) is 0 Å². The van der Waals surface area contributed by atoms with Gasteiger partial charge in [0.05, 0.1) is 5.69 Å². The van der Waals surface area contributed by atoms with Crippen molar-refractivity contribution < 1.29 is 9.90 Å². The molecule has 0 saturated heterocycles. The molecule has 1 N–H and O–H groups in total. The van der Waals surface area contributed by atoms with Gasteiger partial charge in [0, 0.05) is 6.20 Å². The lowest BCUT2D eigenvalue weighted by Crippen LogP contribution is -2.04. The second-order valence-corrected chi connectivity index (χ2v) is 4.46. The fourth-order valence-corrected chi connectivity index (χ4v) is 2.44. The zero-order valence-corrected chi connectivity index (χ0v) is 10.7. The summed E-state index contributed by atoms with van der Waals surface area (Å²) in [6.45, 7) is 1.65. The van der Waals surface area contributed by atoms with Gasteiger partial charge in [-0.15, -0.1) is 0 Å². The zero-order valence-electron chi connectivity index (χ0n) is 7.53. The molecule has 15 heavy (non-hydrogen) atoms. The first kappa shape index (κ1) is 10.6. The van der Waals surface area contributed by atoms with E-state index in [1.807, 2.05) is 0 Å². The molecule has 0 aliphatic carbocycles. The van der Waals surface area contributed by atoms with Gasteiger partial charge in [0.25, 0.3) is 0 Å². The van der Waals surface area contributed by atoms with Crippen molar-refractivity contribution in [3.05, 3.63) is 26.8 Å². The van der Waals surface area contributed by atoms with E-state index < -0.39 is 5.97 Å². The zero-order chi connectivity index (χ0) is 11.2. The number of rotatable bonds is 1. The average Bonchev–Trinajstić information content (AvgIpc) is 2.41. The molecular formula is C8H5Br2N3O2. The molecule has 0 saturated carbocycles. The van der Waals surface area contributed by atoms with Gasteiger partial charge < -0.3 is 5.11 Å². The summed E-state index contributed by atoms with van der Waals surface area (Å²) in [5.41, 5.74) is 1.10. The minimum absolute atomic E-state index is 0.147. The topological polar surface area (TPSA) is 67.5 Å². The van der Waals surface area contributed by atoms with Gasteiger partial charge in [-0.25, -0.2) is 14.8 Å². The van der Waals surface area contributed by atoms with Gasteiger partial charge in [-0.3, -0.25) is 4.40 Å². The number of aryl methyl sites for hydroxylation is 1. The number of carbonyl (C=O) groups is 1. The van der Waals surface area contributed by atoms with Crippen molar-refractivity contribution in [2.45, 2.75) is 6.92 Å². The Labute approximate surface area is 101 Å². The summed E-state index contributed by atoms with van der Waals surface area (Å²) in [7, 11) is 0. The summed E-state index contributed by atoms with van der Waals surface area (Å²) in [5.74, 6) is -1.01. The predicted octanol–water partition coefficient (Wildman–Crippen LogP) is 2.26. The number of aromatic carboxylic acids is 1. The molecule has 0 radical (unpaired) electrons. The van der Waals surface area contributed by atoms with Crippen molar-refractivity contribution in [3.63, 3.8) is 0 Å². The molecule has 0 amide bonds. The molecule has 0 fully saturated rings. The minimum Gasteiger partial charge on any atom is -0.477 e. The van der Waals surface area contributed by atoms with E-state index in [1.54, 1.807) is 13.1 Å². The lowest BCUT2D eigenvalue weighted by Gasteiger charge is -1.99. The average molecular weight is 335 g/mol. The molecule has 0 aliphatic rings. The third-order valence-electron chi connectivity index (χ3n) is 1.91. The number of fused-ring (bicyclic) bond motifs is 1. The summed E-state index contributed by atoms with van der Waals surface area (Å²) in [6.07, 6.45) is 1.57. The standard InChI is InChI=1S/C8H5Br2N3O2/c1-3-5(8(14)15)13-2-4(9)12-6(10)7(13)11-3/h2H,1H3,(H,14,15). The molecule has 7 heteroatoms. The van der Waals surface area contributed by atoms with E-state index in [0.29, 0.717) is 20.5 Å². The predicted molar refractivity (Wildman–Crippen MR) is 60.1 cm³/mol. The molecular weight excluding hydrogens is 330 g/mol. The van der Waals surface area contributed by atoms with Crippen LogP contribution in [0.15, 0.2) is 15.4 Å². The van der Waals surface area contributed by atoms with E-state index in [1.165, 1.54) is 4.40 Å². The van der Waals surface area contributed by atoms with E-state index in [4.69, 9.17) is 5.11 Å². The fourth-order valence-electron chi connectivity index (χ4n) is 1.35. The smallest absolute Gasteiger partial charge is 0.354 e. The van der Waals surface area contributed by atoms with E-state index in [-0.39, 0.29) is 5.69 Å². The first-order valence-electron chi connectivity index (χ1n) is 3.94. The Morgan fingerprint density at radius 1 is 1.47 bits per heavy atom. The number of nitrogens with zero attached hydrogens (tertiary/aromatic N) is 3. The Bertz CT molecular complexity index is 565. The van der Waals surface area contributed by atoms with Crippen LogP contribution in [0.1, 0.15) is 16.2 Å². The van der Waals surface area contributed by atoms with Crippen LogP contribution in [0.4, 0.5) is 0 Å². The Morgan fingerprint density at radius 3 is 2.73 bits per heavy atom. The molecule has 0 aromatic carbocycles. The summed E-state index contributed by atoms with van der Waals surface area (Å²) >= 11 is 6.42. The molecule has 2 aromatic rings. The second-order valence-electron chi connectivity index (χ2n) is 2.90. The van der Waals surface area contributed by atoms with Crippen molar-refractivity contribution in [2.24, 2.45) is 0 Å². The van der Waals surface area contributed by atoms with E-state index in [2.05, 4.69) is 41.8 Å². The second kappa shape index (κ2) is 3.57. The molecule has 2 rings (SSSR count). The third-order valence-corrected chi connectivity index (χ3v) is 2.83. The van der Waals surface area contributed by atoms with E-state index in [9.17, 15) is 4.79 Å². The number of imidazole rings is 1. The Kier molecular flexibility index (Phi) is 2.51. The number of hydrogen-bond acceptors (Lipinski definition) is 3. The molecule has 2 heterocycles. The summed E-state index contributed by atoms with van der Waals surface area (Å²) < 4.78 is 2.54. The highest BCUT2D eigenvalue weighted by Gasteiger charge is 2.17. The number of carboxylic acid groups (broad SMARTS) is 1. The molecule has 0 aliphatic heterocycles. The summed E-state index contributed by atoms with van der Waals surface area (Å²) in [5, 5.41) is 9.02. The van der Waals surface area contributed by atoms with Crippen LogP contribution in [0.2, 0.25) is 0 Å². The largest absolute Gasteiger partial charge is 0.477 e. The van der Waals surface area contributed by atoms with Crippen molar-refractivity contribution in [1.82, 2.24) is 14.4 Å². The van der Waals surface area contributed by atoms with Gasteiger partial charge in [0.2, 0.25) is 0 Å². The van der Waals surface area contributed by atoms with E-state index >= 15 is 0 Å². The van der Waals surface area contributed by atoms with Gasteiger partial charge in [-0.05, 0) is 38.8 Å². The molecule has 0 unspecified atom stereocenters. The number of aromatic nitrogens is 3. The van der Waals surface area contributed by atoms with Gasteiger partial charge in [0.15, 0.2) is 15.9 Å². The Hall–Kier alpha value is -0.950. The van der Waals surface area contributed by atoms with Crippen LogP contribution >= 0.6 is 31.9 Å². The molecule has 78 valence electrons. The van der Waals surface area contributed by atoms with Crippen LogP contribution in [-0.2, 0) is 0 Å². The van der Waals surface area contributed by atoms with Crippen LogP contribution in [0.25, 0.3) is 5.65 Å². The maximum Gasteiger partial charge on any atom is 0.354 e. The van der Waals surface area contributed by atoms with E-state index in [0.717, 1.165) is 0 Å². The highest BCUT2D eigenvalue weighted by molar-refractivity contribution is 9.11. The first-order valence-corrected chi connectivity index (χ1v) is 5.53. The van der Waals surface area contributed by atoms with Gasteiger partial charge in [0.1, 0.15) is 4.60 Å². The summed E-state index contributed by atoms with van der Waals surface area (Å²) in [6, 6.07) is 0. The Morgan fingerprint density at radius 2 is 2.13 bits per heavy atom. The van der Waals surface area contributed by atoms with Crippen molar-refractivity contribution in [3.8, 4) is 0 Å². The number of hydrogen-bond donors (Lipinski definition) is 1. The third kappa shape index (κ3) is 1.65. The maximum atomic E-state index is 11.0. The number of halogens is 2. The Balaban J connectivity index is 2.93. The normalized spacial score (nSPS) is 10.9. The maximum absolute atomic E-state index is 11.0. The molecule has 5 nitrogen and oxygen atoms in total. The molecule has 0 spiro atoms. The van der Waals surface area contributed by atoms with Crippen molar-refractivity contribution in [1.29, 1.82) is 0 Å². The van der Waals surface area contributed by atoms with Gasteiger partial charge >= 0.3 is 5.97 Å². The highest BCUT2D eigenvalue weighted by Crippen LogP contribution is 2.21. The molecule has 0 atom stereocenters. The molecule has 2 aromatic heterocycles. The van der Waals surface area contributed by atoms with Crippen LogP contribution < -0.4 is 0 Å². The lowest BCUT2D eigenvalue weighted by atomic mass is 10.3. The minimum atomic E-state index is -1.01. The van der Waals surface area contributed by atoms with Crippen molar-refractivity contribution in [2.75, 3.05) is 0 Å². The first-order chi connectivity index (χ1) is 7.00. The summed E-state index contributed by atoms with van der Waals surface area (Å²) in [4.78, 5) is 19.2. The van der Waals surface area contributed by atoms with Crippen LogP contribution in [0.5, 0.6) is 0 Å². The number of carboxylic acids is 1.